The summed E-state index contributed by atoms with van der Waals surface area (Å²) in [6, 6.07) is 5.46. The van der Waals surface area contributed by atoms with E-state index in [1.165, 1.54) is 24.3 Å². The zero-order valence-electron chi connectivity index (χ0n) is 10.0. The summed E-state index contributed by atoms with van der Waals surface area (Å²) in [6.45, 7) is 1.00. The molecule has 2 atom stereocenters. The second-order valence-electron chi connectivity index (χ2n) is 4.46. The van der Waals surface area contributed by atoms with Gasteiger partial charge in [-0.3, -0.25) is 4.79 Å². The number of halogens is 1. The van der Waals surface area contributed by atoms with Crippen LogP contribution in [-0.2, 0) is 4.79 Å². The van der Waals surface area contributed by atoms with Crippen LogP contribution in [0, 0.1) is 5.82 Å². The Hall–Kier alpha value is -1.46. The molecule has 98 valence electrons. The number of carbonyl (C=O) groups excluding carboxylic acids is 1. The summed E-state index contributed by atoms with van der Waals surface area (Å²) in [5.41, 5.74) is 0.594. The molecule has 1 aliphatic heterocycles. The normalized spacial score (nSPS) is 20.7. The molecular formula is C13H17FN2O2. The first-order valence-electron chi connectivity index (χ1n) is 6.11. The molecular weight excluding hydrogens is 235 g/mol. The van der Waals surface area contributed by atoms with E-state index in [9.17, 15) is 14.3 Å². The molecule has 0 bridgehead atoms. The van der Waals surface area contributed by atoms with Gasteiger partial charge in [-0.05, 0) is 37.1 Å². The van der Waals surface area contributed by atoms with Crippen LogP contribution in [0.5, 0.6) is 0 Å². The van der Waals surface area contributed by atoms with Crippen LogP contribution < -0.4 is 10.6 Å². The number of hydrogen-bond acceptors (Lipinski definition) is 3. The smallest absolute Gasteiger partial charge is 0.237 e. The molecule has 0 unspecified atom stereocenters. The van der Waals surface area contributed by atoms with Crippen molar-refractivity contribution in [1.82, 2.24) is 10.6 Å². The van der Waals surface area contributed by atoms with Crippen LogP contribution in [0.4, 0.5) is 4.39 Å². The molecule has 1 aromatic rings. The van der Waals surface area contributed by atoms with Gasteiger partial charge in [-0.25, -0.2) is 4.39 Å². The molecule has 1 heterocycles. The summed E-state index contributed by atoms with van der Waals surface area (Å²) in [5.74, 6) is -0.432. The van der Waals surface area contributed by atoms with Crippen LogP contribution in [0.15, 0.2) is 24.3 Å². The Balaban J connectivity index is 1.82. The van der Waals surface area contributed by atoms with Crippen LogP contribution in [0.25, 0.3) is 0 Å². The fourth-order valence-corrected chi connectivity index (χ4v) is 2.03. The molecule has 4 nitrogen and oxygen atoms in total. The highest BCUT2D eigenvalue weighted by molar-refractivity contribution is 5.82. The van der Waals surface area contributed by atoms with E-state index < -0.39 is 6.10 Å². The minimum absolute atomic E-state index is 0.0892. The van der Waals surface area contributed by atoms with E-state index in [1.54, 1.807) is 0 Å². The summed E-state index contributed by atoms with van der Waals surface area (Å²) in [6.07, 6.45) is 1.02. The molecule has 1 fully saturated rings. The molecule has 1 aromatic carbocycles. The number of nitrogens with one attached hydrogen (secondary N) is 2. The minimum Gasteiger partial charge on any atom is -0.387 e. The third-order valence-electron chi connectivity index (χ3n) is 3.10. The van der Waals surface area contributed by atoms with Crippen LogP contribution >= 0.6 is 0 Å². The van der Waals surface area contributed by atoms with Crippen LogP contribution in [-0.4, -0.2) is 30.1 Å². The zero-order valence-corrected chi connectivity index (χ0v) is 10.0. The van der Waals surface area contributed by atoms with Gasteiger partial charge in [0.05, 0.1) is 12.1 Å². The Morgan fingerprint density at radius 2 is 2.22 bits per heavy atom. The van der Waals surface area contributed by atoms with Gasteiger partial charge in [0.1, 0.15) is 5.82 Å². The molecule has 1 saturated heterocycles. The number of carbonyl (C=O) groups is 1. The van der Waals surface area contributed by atoms with Gasteiger partial charge >= 0.3 is 0 Å². The second kappa shape index (κ2) is 5.93. The van der Waals surface area contributed by atoms with Crippen molar-refractivity contribution in [2.24, 2.45) is 0 Å². The molecule has 1 amide bonds. The number of rotatable bonds is 4. The lowest BCUT2D eigenvalue weighted by Crippen LogP contribution is -2.41. The number of hydrogen-bond donors (Lipinski definition) is 3. The van der Waals surface area contributed by atoms with E-state index in [2.05, 4.69) is 10.6 Å². The van der Waals surface area contributed by atoms with E-state index >= 15 is 0 Å². The summed E-state index contributed by atoms with van der Waals surface area (Å²) >= 11 is 0. The highest BCUT2D eigenvalue weighted by atomic mass is 19.1. The summed E-state index contributed by atoms with van der Waals surface area (Å²) in [5, 5.41) is 15.6. The topological polar surface area (TPSA) is 61.4 Å². The van der Waals surface area contributed by atoms with Gasteiger partial charge in [-0.15, -0.1) is 0 Å². The van der Waals surface area contributed by atoms with E-state index in [0.717, 1.165) is 19.4 Å². The molecule has 0 aromatic heterocycles. The van der Waals surface area contributed by atoms with Crippen molar-refractivity contribution in [2.45, 2.75) is 25.0 Å². The van der Waals surface area contributed by atoms with Gasteiger partial charge in [-0.1, -0.05) is 12.1 Å². The summed E-state index contributed by atoms with van der Waals surface area (Å²) in [4.78, 5) is 11.7. The van der Waals surface area contributed by atoms with Crippen molar-refractivity contribution >= 4 is 5.91 Å². The van der Waals surface area contributed by atoms with E-state index in [-0.39, 0.29) is 24.3 Å². The Bertz CT molecular complexity index is 402. The summed E-state index contributed by atoms with van der Waals surface area (Å²) in [7, 11) is 0. The third kappa shape index (κ3) is 3.27. The van der Waals surface area contributed by atoms with Crippen molar-refractivity contribution in [3.63, 3.8) is 0 Å². The lowest BCUT2D eigenvalue weighted by atomic mass is 10.1. The van der Waals surface area contributed by atoms with E-state index in [0.29, 0.717) is 5.56 Å². The van der Waals surface area contributed by atoms with Gasteiger partial charge in [0.15, 0.2) is 0 Å². The molecule has 0 radical (unpaired) electrons. The maximum absolute atomic E-state index is 12.7. The number of benzene rings is 1. The average molecular weight is 252 g/mol. The minimum atomic E-state index is -0.809. The Morgan fingerprint density at radius 1 is 1.50 bits per heavy atom. The molecule has 0 aliphatic carbocycles. The summed E-state index contributed by atoms with van der Waals surface area (Å²) < 4.78 is 12.7. The van der Waals surface area contributed by atoms with Crippen LogP contribution in [0.1, 0.15) is 24.5 Å². The highest BCUT2D eigenvalue weighted by Crippen LogP contribution is 2.12. The fourth-order valence-electron chi connectivity index (χ4n) is 2.03. The molecule has 3 N–H and O–H groups in total. The highest BCUT2D eigenvalue weighted by Gasteiger charge is 2.22. The molecule has 5 heteroatoms. The Kier molecular flexibility index (Phi) is 4.28. The van der Waals surface area contributed by atoms with Crippen molar-refractivity contribution in [2.75, 3.05) is 13.1 Å². The van der Waals surface area contributed by atoms with Crippen LogP contribution in [0.2, 0.25) is 0 Å². The Morgan fingerprint density at radius 3 is 2.83 bits per heavy atom. The first-order chi connectivity index (χ1) is 8.66. The predicted octanol–water partition coefficient (Wildman–Crippen LogP) is 0.727. The lowest BCUT2D eigenvalue weighted by Gasteiger charge is -2.15. The molecule has 0 saturated carbocycles. The molecule has 18 heavy (non-hydrogen) atoms. The maximum Gasteiger partial charge on any atom is 0.237 e. The van der Waals surface area contributed by atoms with Gasteiger partial charge in [0.25, 0.3) is 0 Å². The van der Waals surface area contributed by atoms with Crippen molar-refractivity contribution < 1.29 is 14.3 Å². The quantitative estimate of drug-likeness (QED) is 0.740. The van der Waals surface area contributed by atoms with Gasteiger partial charge in [0, 0.05) is 6.54 Å². The SMILES string of the molecule is O=C(NC[C@@H](O)c1ccc(F)cc1)[C@@H]1CCCN1. The molecule has 0 spiro atoms. The molecule has 2 rings (SSSR count). The van der Waals surface area contributed by atoms with E-state index in [1.807, 2.05) is 0 Å². The van der Waals surface area contributed by atoms with Gasteiger partial charge in [-0.2, -0.15) is 0 Å². The van der Waals surface area contributed by atoms with E-state index in [4.69, 9.17) is 0 Å². The van der Waals surface area contributed by atoms with Gasteiger partial charge in [0.2, 0.25) is 5.91 Å². The lowest BCUT2D eigenvalue weighted by molar-refractivity contribution is -0.123. The largest absolute Gasteiger partial charge is 0.387 e. The Labute approximate surface area is 105 Å². The first-order valence-corrected chi connectivity index (χ1v) is 6.11. The van der Waals surface area contributed by atoms with Crippen molar-refractivity contribution in [1.29, 1.82) is 0 Å². The fraction of sp³-hybridized carbons (Fsp3) is 0.462. The first kappa shape index (κ1) is 13.0. The van der Waals surface area contributed by atoms with Gasteiger partial charge < -0.3 is 15.7 Å². The number of aliphatic hydroxyl groups is 1. The number of amides is 1. The monoisotopic (exact) mass is 252 g/mol. The average Bonchev–Trinajstić information content (AvgIpc) is 2.90. The van der Waals surface area contributed by atoms with Crippen molar-refractivity contribution in [3.05, 3.63) is 35.6 Å². The van der Waals surface area contributed by atoms with Crippen LogP contribution in [0.3, 0.4) is 0 Å². The van der Waals surface area contributed by atoms with Crippen molar-refractivity contribution in [3.8, 4) is 0 Å². The second-order valence-corrected chi connectivity index (χ2v) is 4.46. The third-order valence-corrected chi connectivity index (χ3v) is 3.10. The maximum atomic E-state index is 12.7. The number of aliphatic hydroxyl groups excluding tert-OH is 1. The zero-order chi connectivity index (χ0) is 13.0. The standard InChI is InChI=1S/C13H17FN2O2/c14-10-5-3-9(4-6-10)12(17)8-16-13(18)11-2-1-7-15-11/h3-6,11-12,15,17H,1-2,7-8H2,(H,16,18)/t11-,12+/m0/s1. The molecule has 1 aliphatic rings. The predicted molar refractivity (Wildman–Crippen MR) is 65.4 cm³/mol.